The Morgan fingerprint density at radius 1 is 1.40 bits per heavy atom. The van der Waals surface area contributed by atoms with E-state index in [-0.39, 0.29) is 5.91 Å². The van der Waals surface area contributed by atoms with Crippen LogP contribution in [0.2, 0.25) is 0 Å². The number of aryl methyl sites for hydroxylation is 1. The zero-order chi connectivity index (χ0) is 14.5. The first-order valence-corrected chi connectivity index (χ1v) is 7.85. The zero-order valence-corrected chi connectivity index (χ0v) is 12.5. The zero-order valence-electron chi connectivity index (χ0n) is 11.7. The standard InChI is InChI=1S/C15H20N2O2S/c1-11-5-4-6-12(9-11)20-10-14(18)17-8-3-2-7-13(17)15(16)19/h4-6,9,13H,2-3,7-8,10H2,1H3,(H2,16,19). The summed E-state index contributed by atoms with van der Waals surface area (Å²) in [7, 11) is 0. The number of nitrogens with zero attached hydrogens (tertiary/aromatic N) is 1. The number of nitrogens with two attached hydrogens (primary N) is 1. The third-order valence-electron chi connectivity index (χ3n) is 3.50. The van der Waals surface area contributed by atoms with Gasteiger partial charge in [0.1, 0.15) is 6.04 Å². The van der Waals surface area contributed by atoms with E-state index in [2.05, 4.69) is 6.07 Å². The van der Waals surface area contributed by atoms with E-state index < -0.39 is 11.9 Å². The predicted octanol–water partition coefficient (Wildman–Crippen LogP) is 1.95. The highest BCUT2D eigenvalue weighted by atomic mass is 32.2. The number of benzene rings is 1. The lowest BCUT2D eigenvalue weighted by Crippen LogP contribution is -2.51. The molecule has 1 unspecified atom stereocenters. The van der Waals surface area contributed by atoms with Crippen molar-refractivity contribution in [3.63, 3.8) is 0 Å². The van der Waals surface area contributed by atoms with Gasteiger partial charge in [-0.2, -0.15) is 0 Å². The number of likely N-dealkylation sites (tertiary alicyclic amines) is 1. The lowest BCUT2D eigenvalue weighted by molar-refractivity contribution is -0.138. The molecule has 1 aliphatic heterocycles. The lowest BCUT2D eigenvalue weighted by Gasteiger charge is -2.33. The fourth-order valence-corrected chi connectivity index (χ4v) is 3.36. The van der Waals surface area contributed by atoms with E-state index in [1.165, 1.54) is 17.3 Å². The molecule has 2 amide bonds. The summed E-state index contributed by atoms with van der Waals surface area (Å²) in [6.45, 7) is 2.67. The van der Waals surface area contributed by atoms with Crippen LogP contribution in [-0.2, 0) is 9.59 Å². The molecular weight excluding hydrogens is 272 g/mol. The van der Waals surface area contributed by atoms with Gasteiger partial charge in [0.05, 0.1) is 5.75 Å². The van der Waals surface area contributed by atoms with Gasteiger partial charge >= 0.3 is 0 Å². The van der Waals surface area contributed by atoms with Crippen LogP contribution < -0.4 is 5.73 Å². The lowest BCUT2D eigenvalue weighted by atomic mass is 10.0. The van der Waals surface area contributed by atoms with Gasteiger partial charge in [-0.15, -0.1) is 11.8 Å². The topological polar surface area (TPSA) is 63.4 Å². The molecule has 1 fully saturated rings. The second-order valence-corrected chi connectivity index (χ2v) is 6.16. The van der Waals surface area contributed by atoms with E-state index >= 15 is 0 Å². The van der Waals surface area contributed by atoms with Gasteiger partial charge in [0.25, 0.3) is 0 Å². The summed E-state index contributed by atoms with van der Waals surface area (Å²) in [5.41, 5.74) is 6.56. The van der Waals surface area contributed by atoms with Gasteiger partial charge in [0.15, 0.2) is 0 Å². The summed E-state index contributed by atoms with van der Waals surface area (Å²) >= 11 is 1.51. The molecule has 1 aromatic rings. The van der Waals surface area contributed by atoms with Crippen LogP contribution in [0.1, 0.15) is 24.8 Å². The fourth-order valence-electron chi connectivity index (χ4n) is 2.46. The smallest absolute Gasteiger partial charge is 0.240 e. The van der Waals surface area contributed by atoms with Crippen molar-refractivity contribution in [3.05, 3.63) is 29.8 Å². The minimum absolute atomic E-state index is 0.00000567. The Bertz CT molecular complexity index is 504. The number of carbonyl (C=O) groups excluding carboxylic acids is 2. The first-order valence-electron chi connectivity index (χ1n) is 6.86. The van der Waals surface area contributed by atoms with Gasteiger partial charge in [0, 0.05) is 11.4 Å². The van der Waals surface area contributed by atoms with Gasteiger partial charge in [-0.1, -0.05) is 17.7 Å². The van der Waals surface area contributed by atoms with Crippen LogP contribution in [0.15, 0.2) is 29.2 Å². The number of piperidine rings is 1. The van der Waals surface area contributed by atoms with Gasteiger partial charge in [-0.05, 0) is 38.3 Å². The average molecular weight is 292 g/mol. The second kappa shape index (κ2) is 6.79. The van der Waals surface area contributed by atoms with E-state index in [4.69, 9.17) is 5.73 Å². The van der Waals surface area contributed by atoms with E-state index in [9.17, 15) is 9.59 Å². The maximum atomic E-state index is 12.3. The molecule has 0 bridgehead atoms. The highest BCUT2D eigenvalue weighted by Crippen LogP contribution is 2.22. The molecule has 0 saturated carbocycles. The molecule has 1 aromatic carbocycles. The van der Waals surface area contributed by atoms with E-state index in [1.54, 1.807) is 4.90 Å². The molecule has 1 atom stereocenters. The largest absolute Gasteiger partial charge is 0.368 e. The van der Waals surface area contributed by atoms with Crippen molar-refractivity contribution in [3.8, 4) is 0 Å². The molecule has 0 radical (unpaired) electrons. The van der Waals surface area contributed by atoms with Crippen LogP contribution in [0.5, 0.6) is 0 Å². The van der Waals surface area contributed by atoms with Crippen LogP contribution in [0.25, 0.3) is 0 Å². The molecule has 1 aliphatic rings. The van der Waals surface area contributed by atoms with Crippen LogP contribution >= 0.6 is 11.8 Å². The van der Waals surface area contributed by atoms with Gasteiger partial charge < -0.3 is 10.6 Å². The minimum atomic E-state index is -0.422. The third-order valence-corrected chi connectivity index (χ3v) is 4.48. The van der Waals surface area contributed by atoms with Crippen LogP contribution in [0.4, 0.5) is 0 Å². The summed E-state index contributed by atoms with van der Waals surface area (Å²) < 4.78 is 0. The van der Waals surface area contributed by atoms with E-state index in [1.807, 2.05) is 25.1 Å². The van der Waals surface area contributed by atoms with Gasteiger partial charge in [-0.25, -0.2) is 0 Å². The minimum Gasteiger partial charge on any atom is -0.368 e. The molecule has 108 valence electrons. The number of hydrogen-bond donors (Lipinski definition) is 1. The van der Waals surface area contributed by atoms with Crippen molar-refractivity contribution in [1.82, 2.24) is 4.90 Å². The highest BCUT2D eigenvalue weighted by molar-refractivity contribution is 8.00. The van der Waals surface area contributed by atoms with E-state index in [0.29, 0.717) is 18.7 Å². The van der Waals surface area contributed by atoms with Crippen molar-refractivity contribution in [2.75, 3.05) is 12.3 Å². The number of hydrogen-bond acceptors (Lipinski definition) is 3. The van der Waals surface area contributed by atoms with Crippen LogP contribution in [0, 0.1) is 6.92 Å². The first-order chi connectivity index (χ1) is 9.58. The highest BCUT2D eigenvalue weighted by Gasteiger charge is 2.30. The molecule has 1 saturated heterocycles. The van der Waals surface area contributed by atoms with Crippen molar-refractivity contribution in [1.29, 1.82) is 0 Å². The molecular formula is C15H20N2O2S. The number of thioether (sulfide) groups is 1. The Labute approximate surface area is 123 Å². The monoisotopic (exact) mass is 292 g/mol. The molecule has 0 aromatic heterocycles. The summed E-state index contributed by atoms with van der Waals surface area (Å²) in [4.78, 5) is 26.4. The molecule has 5 heteroatoms. The number of rotatable bonds is 4. The molecule has 2 rings (SSSR count). The Balaban J connectivity index is 1.95. The van der Waals surface area contributed by atoms with Crippen LogP contribution in [-0.4, -0.2) is 35.1 Å². The summed E-state index contributed by atoms with van der Waals surface area (Å²) in [6, 6.07) is 7.63. The van der Waals surface area contributed by atoms with Crippen molar-refractivity contribution >= 4 is 23.6 Å². The average Bonchev–Trinajstić information content (AvgIpc) is 2.45. The summed E-state index contributed by atoms with van der Waals surface area (Å²) in [5, 5.41) is 0. The van der Waals surface area contributed by atoms with Gasteiger partial charge in [-0.3, -0.25) is 9.59 Å². The molecule has 0 aliphatic carbocycles. The SMILES string of the molecule is Cc1cccc(SCC(=O)N2CCCCC2C(N)=O)c1. The molecule has 1 heterocycles. The first kappa shape index (κ1) is 14.9. The fraction of sp³-hybridized carbons (Fsp3) is 0.467. The van der Waals surface area contributed by atoms with E-state index in [0.717, 1.165) is 17.7 Å². The maximum absolute atomic E-state index is 12.3. The summed E-state index contributed by atoms with van der Waals surface area (Å²) in [5.74, 6) is -0.0358. The molecule has 4 nitrogen and oxygen atoms in total. The second-order valence-electron chi connectivity index (χ2n) is 5.11. The van der Waals surface area contributed by atoms with Crippen molar-refractivity contribution in [2.45, 2.75) is 37.1 Å². The quantitative estimate of drug-likeness (QED) is 0.863. The van der Waals surface area contributed by atoms with Crippen molar-refractivity contribution in [2.24, 2.45) is 5.73 Å². The normalized spacial score (nSPS) is 18.9. The Hall–Kier alpha value is -1.49. The molecule has 0 spiro atoms. The predicted molar refractivity (Wildman–Crippen MR) is 80.4 cm³/mol. The Kier molecular flexibility index (Phi) is 5.06. The number of amides is 2. The van der Waals surface area contributed by atoms with Gasteiger partial charge in [0.2, 0.25) is 11.8 Å². The number of carbonyl (C=O) groups is 2. The molecule has 2 N–H and O–H groups in total. The Morgan fingerprint density at radius 2 is 2.20 bits per heavy atom. The number of primary amides is 1. The van der Waals surface area contributed by atoms with Crippen LogP contribution in [0.3, 0.4) is 0 Å². The van der Waals surface area contributed by atoms with Crippen molar-refractivity contribution < 1.29 is 9.59 Å². The molecule has 20 heavy (non-hydrogen) atoms. The third kappa shape index (κ3) is 3.76. The maximum Gasteiger partial charge on any atom is 0.240 e. The Morgan fingerprint density at radius 3 is 2.90 bits per heavy atom. The summed E-state index contributed by atoms with van der Waals surface area (Å²) in [6.07, 6.45) is 2.60.